The minimum absolute atomic E-state index is 0.0304. The first-order valence-electron chi connectivity index (χ1n) is 21.6. The fraction of sp³-hybridized carbons (Fsp3) is 0.881. The summed E-state index contributed by atoms with van der Waals surface area (Å²) in [6, 6.07) is 0. The van der Waals surface area contributed by atoms with E-state index < -0.39 is 59.8 Å². The highest BCUT2D eigenvalue weighted by Gasteiger charge is 2.48. The highest BCUT2D eigenvalue weighted by molar-refractivity contribution is 7.80. The predicted octanol–water partition coefficient (Wildman–Crippen LogP) is 8.46. The van der Waals surface area contributed by atoms with Crippen molar-refractivity contribution >= 4 is 16.4 Å². The van der Waals surface area contributed by atoms with E-state index in [2.05, 4.69) is 42.3 Å². The van der Waals surface area contributed by atoms with Gasteiger partial charge in [-0.15, -0.1) is 0 Å². The standard InChI is InChI=1S/C42H78O12S/c1-3-5-7-9-11-13-15-17-19-21-23-25-27-29-31-38(44)52-36(34-50-32-30-28-26-24-22-20-18-16-14-12-10-8-6-4-2)35-51-42-40(46)41(54-55(47,48)49)39(45)37(33-43)53-42/h14-17,36-37,39-43,45-46H,3-13,18-35H2,1-2H3,(H,47,48,49)/b16-14-,17-15-. The molecule has 1 saturated heterocycles. The van der Waals surface area contributed by atoms with Crippen LogP contribution < -0.4 is 0 Å². The molecule has 6 atom stereocenters. The van der Waals surface area contributed by atoms with Crippen molar-refractivity contribution in [1.29, 1.82) is 0 Å². The summed E-state index contributed by atoms with van der Waals surface area (Å²) < 4.78 is 58.9. The summed E-state index contributed by atoms with van der Waals surface area (Å²) in [5.74, 6) is -0.410. The number of carbonyl (C=O) groups excluding carboxylic acids is 1. The zero-order valence-corrected chi connectivity index (χ0v) is 35.1. The van der Waals surface area contributed by atoms with Gasteiger partial charge in [-0.2, -0.15) is 8.42 Å². The van der Waals surface area contributed by atoms with Gasteiger partial charge >= 0.3 is 16.4 Å². The highest BCUT2D eigenvalue weighted by atomic mass is 32.3. The Hall–Kier alpha value is -1.42. The van der Waals surface area contributed by atoms with Gasteiger partial charge < -0.3 is 34.3 Å². The average molecular weight is 807 g/mol. The van der Waals surface area contributed by atoms with Gasteiger partial charge in [0.05, 0.1) is 19.8 Å². The second kappa shape index (κ2) is 34.6. The van der Waals surface area contributed by atoms with Crippen LogP contribution in [-0.4, -0.2) is 97.5 Å². The van der Waals surface area contributed by atoms with Crippen LogP contribution in [0.3, 0.4) is 0 Å². The average Bonchev–Trinajstić information content (AvgIpc) is 3.15. The summed E-state index contributed by atoms with van der Waals surface area (Å²) in [6.45, 7) is 3.94. The van der Waals surface area contributed by atoms with Gasteiger partial charge in [-0.05, 0) is 64.2 Å². The molecule has 1 aliphatic heterocycles. The molecule has 0 aliphatic carbocycles. The van der Waals surface area contributed by atoms with Crippen molar-refractivity contribution in [2.24, 2.45) is 0 Å². The van der Waals surface area contributed by atoms with E-state index in [4.69, 9.17) is 23.5 Å². The molecule has 13 heteroatoms. The van der Waals surface area contributed by atoms with Gasteiger partial charge in [-0.1, -0.05) is 128 Å². The zero-order chi connectivity index (χ0) is 40.4. The van der Waals surface area contributed by atoms with Crippen molar-refractivity contribution in [1.82, 2.24) is 0 Å². The van der Waals surface area contributed by atoms with Crippen LogP contribution in [0.5, 0.6) is 0 Å². The van der Waals surface area contributed by atoms with Crippen molar-refractivity contribution < 1.29 is 56.2 Å². The minimum atomic E-state index is -5.06. The van der Waals surface area contributed by atoms with E-state index >= 15 is 0 Å². The maximum atomic E-state index is 12.8. The second-order valence-electron chi connectivity index (χ2n) is 14.9. The number of rotatable bonds is 37. The van der Waals surface area contributed by atoms with Gasteiger partial charge in [0.2, 0.25) is 0 Å². The SMILES string of the molecule is CCCCCC/C=C\CCCCCCCCOCC(COC1OC(CO)C(O)C(OS(=O)(=O)O)C1O)OC(=O)CCCCCCC/C=C\CCCCCCC. The minimum Gasteiger partial charge on any atom is -0.457 e. The number of carbonyl (C=O) groups is 1. The topological polar surface area (TPSA) is 178 Å². The van der Waals surface area contributed by atoms with E-state index in [0.717, 1.165) is 64.2 Å². The van der Waals surface area contributed by atoms with Crippen LogP contribution in [-0.2, 0) is 38.3 Å². The Kier molecular flexibility index (Phi) is 32.5. The fourth-order valence-electron chi connectivity index (χ4n) is 6.48. The lowest BCUT2D eigenvalue weighted by Gasteiger charge is -2.41. The molecule has 4 N–H and O–H groups in total. The summed E-state index contributed by atoms with van der Waals surface area (Å²) in [6.07, 6.45) is 27.8. The first-order valence-corrected chi connectivity index (χ1v) is 23.0. The van der Waals surface area contributed by atoms with Gasteiger partial charge in [-0.3, -0.25) is 9.35 Å². The summed E-state index contributed by atoms with van der Waals surface area (Å²) >= 11 is 0. The third-order valence-electron chi connectivity index (χ3n) is 9.80. The molecular weight excluding hydrogens is 729 g/mol. The molecule has 0 aromatic rings. The van der Waals surface area contributed by atoms with Crippen molar-refractivity contribution in [2.45, 2.75) is 211 Å². The molecule has 1 aliphatic rings. The molecule has 0 amide bonds. The molecule has 6 unspecified atom stereocenters. The van der Waals surface area contributed by atoms with Gasteiger partial charge in [0.15, 0.2) is 6.29 Å². The predicted molar refractivity (Wildman–Crippen MR) is 216 cm³/mol. The molecule has 0 aromatic heterocycles. The first kappa shape index (κ1) is 51.6. The molecule has 12 nitrogen and oxygen atoms in total. The zero-order valence-electron chi connectivity index (χ0n) is 34.2. The number of esters is 1. The normalized spacial score (nSPS) is 21.2. The number of hydrogen-bond donors (Lipinski definition) is 4. The van der Waals surface area contributed by atoms with Gasteiger partial charge in [0.25, 0.3) is 0 Å². The molecule has 1 heterocycles. The van der Waals surface area contributed by atoms with E-state index in [0.29, 0.717) is 13.0 Å². The highest BCUT2D eigenvalue weighted by Crippen LogP contribution is 2.26. The largest absolute Gasteiger partial charge is 0.457 e. The Morgan fingerprint density at radius 3 is 1.65 bits per heavy atom. The third kappa shape index (κ3) is 28.6. The van der Waals surface area contributed by atoms with E-state index in [9.17, 15) is 28.5 Å². The Morgan fingerprint density at radius 2 is 1.15 bits per heavy atom. The van der Waals surface area contributed by atoms with Crippen LogP contribution in [0.4, 0.5) is 0 Å². The number of unbranched alkanes of at least 4 members (excludes halogenated alkanes) is 20. The molecule has 0 radical (unpaired) electrons. The molecule has 0 aromatic carbocycles. The van der Waals surface area contributed by atoms with Gasteiger partial charge in [-0.25, -0.2) is 4.18 Å². The van der Waals surface area contributed by atoms with E-state index in [1.165, 1.54) is 83.5 Å². The van der Waals surface area contributed by atoms with Gasteiger partial charge in [0.1, 0.15) is 30.5 Å². The summed E-state index contributed by atoms with van der Waals surface area (Å²) in [4.78, 5) is 12.8. The molecule has 0 saturated carbocycles. The van der Waals surface area contributed by atoms with Crippen LogP contribution in [0.1, 0.15) is 174 Å². The lowest BCUT2D eigenvalue weighted by Crippen LogP contribution is -2.60. The molecule has 0 bridgehead atoms. The summed E-state index contributed by atoms with van der Waals surface area (Å²) in [5, 5.41) is 30.6. The van der Waals surface area contributed by atoms with E-state index in [1.807, 2.05) is 0 Å². The maximum absolute atomic E-state index is 12.8. The quantitative estimate of drug-likeness (QED) is 0.0204. The van der Waals surface area contributed by atoms with E-state index in [-0.39, 0.29) is 19.6 Å². The Bertz CT molecular complexity index is 1070. The number of hydrogen-bond acceptors (Lipinski definition) is 11. The monoisotopic (exact) mass is 807 g/mol. The van der Waals surface area contributed by atoms with Crippen molar-refractivity contribution in [2.75, 3.05) is 26.4 Å². The van der Waals surface area contributed by atoms with Crippen LogP contribution in [0, 0.1) is 0 Å². The maximum Gasteiger partial charge on any atom is 0.397 e. The molecule has 324 valence electrons. The third-order valence-corrected chi connectivity index (χ3v) is 10.3. The Morgan fingerprint density at radius 1 is 0.673 bits per heavy atom. The molecule has 1 rings (SSSR count). The number of allylic oxidation sites excluding steroid dienone is 4. The van der Waals surface area contributed by atoms with Crippen LogP contribution in [0.25, 0.3) is 0 Å². The van der Waals surface area contributed by atoms with Crippen LogP contribution >= 0.6 is 0 Å². The first-order chi connectivity index (χ1) is 26.6. The summed E-state index contributed by atoms with van der Waals surface area (Å²) in [5.41, 5.74) is 0. The molecular formula is C42H78O12S. The van der Waals surface area contributed by atoms with Crippen LogP contribution in [0.2, 0.25) is 0 Å². The Balaban J connectivity index is 2.47. The lowest BCUT2D eigenvalue weighted by atomic mass is 9.99. The smallest absolute Gasteiger partial charge is 0.397 e. The molecule has 0 spiro atoms. The van der Waals surface area contributed by atoms with Crippen molar-refractivity contribution in [3.63, 3.8) is 0 Å². The number of aliphatic hydroxyl groups is 3. The lowest BCUT2D eigenvalue weighted by molar-refractivity contribution is -0.301. The summed E-state index contributed by atoms with van der Waals surface area (Å²) in [7, 11) is -5.06. The fourth-order valence-corrected chi connectivity index (χ4v) is 6.99. The number of ether oxygens (including phenoxy) is 4. The van der Waals surface area contributed by atoms with Gasteiger partial charge in [0, 0.05) is 13.0 Å². The van der Waals surface area contributed by atoms with Crippen molar-refractivity contribution in [3.05, 3.63) is 24.3 Å². The second-order valence-corrected chi connectivity index (χ2v) is 16.0. The van der Waals surface area contributed by atoms with Crippen LogP contribution in [0.15, 0.2) is 24.3 Å². The molecule has 55 heavy (non-hydrogen) atoms. The van der Waals surface area contributed by atoms with E-state index in [1.54, 1.807) is 0 Å². The van der Waals surface area contributed by atoms with Crippen molar-refractivity contribution in [3.8, 4) is 0 Å². The Labute approximate surface area is 333 Å². The number of aliphatic hydroxyl groups excluding tert-OH is 3. The molecule has 1 fully saturated rings.